The van der Waals surface area contributed by atoms with E-state index in [1.807, 2.05) is 0 Å². The van der Waals surface area contributed by atoms with Crippen LogP contribution in [0.15, 0.2) is 22.7 Å². The van der Waals surface area contributed by atoms with E-state index >= 15 is 0 Å². The maximum Gasteiger partial charge on any atom is 0.455 e. The molecule has 2 aromatic rings. The molecule has 0 aliphatic carbocycles. The maximum absolute atomic E-state index is 12.3. The second-order valence-corrected chi connectivity index (χ2v) is 3.37. The van der Waals surface area contributed by atoms with Crippen LogP contribution in [0.3, 0.4) is 0 Å². The van der Waals surface area contributed by atoms with Crippen LogP contribution in [0.25, 0.3) is 11.5 Å². The second-order valence-electron chi connectivity index (χ2n) is 3.37. The van der Waals surface area contributed by atoms with Gasteiger partial charge in [-0.3, -0.25) is 0 Å². The molecule has 18 heavy (non-hydrogen) atoms. The number of nitrogens with two attached hydrogens (primary N) is 1. The number of methoxy groups -OCH3 is 1. The van der Waals surface area contributed by atoms with Gasteiger partial charge >= 0.3 is 6.18 Å². The molecule has 8 heteroatoms. The molecule has 1 heterocycles. The summed E-state index contributed by atoms with van der Waals surface area (Å²) in [4.78, 5) is 3.25. The van der Waals surface area contributed by atoms with Gasteiger partial charge in [0, 0.05) is 5.69 Å². The highest BCUT2D eigenvalue weighted by Crippen LogP contribution is 2.32. The zero-order chi connectivity index (χ0) is 13.3. The van der Waals surface area contributed by atoms with Crippen LogP contribution in [0.2, 0.25) is 0 Å². The van der Waals surface area contributed by atoms with Crippen molar-refractivity contribution in [3.8, 4) is 17.2 Å². The number of hydrogen-bond acceptors (Lipinski definition) is 5. The van der Waals surface area contributed by atoms with E-state index in [1.54, 1.807) is 6.07 Å². The third-order valence-corrected chi connectivity index (χ3v) is 2.17. The zero-order valence-corrected chi connectivity index (χ0v) is 9.15. The van der Waals surface area contributed by atoms with Crippen molar-refractivity contribution in [2.75, 3.05) is 12.8 Å². The number of nitrogen functional groups attached to an aromatic ring is 1. The quantitative estimate of drug-likeness (QED) is 0.838. The Morgan fingerprint density at radius 2 is 2.06 bits per heavy atom. The van der Waals surface area contributed by atoms with Crippen LogP contribution in [0.4, 0.5) is 18.9 Å². The number of nitrogens with zero attached hydrogens (tertiary/aromatic N) is 2. The van der Waals surface area contributed by atoms with E-state index in [2.05, 4.69) is 14.7 Å². The lowest BCUT2D eigenvalue weighted by molar-refractivity contribution is -0.146. The van der Waals surface area contributed by atoms with Crippen molar-refractivity contribution < 1.29 is 22.4 Å². The van der Waals surface area contributed by atoms with Crippen LogP contribution in [0, 0.1) is 0 Å². The molecule has 5 nitrogen and oxygen atoms in total. The van der Waals surface area contributed by atoms with Crippen molar-refractivity contribution in [2.45, 2.75) is 6.18 Å². The van der Waals surface area contributed by atoms with Gasteiger partial charge in [0.25, 0.3) is 11.7 Å². The number of benzene rings is 1. The molecule has 1 aromatic carbocycles. The van der Waals surface area contributed by atoms with Gasteiger partial charge in [-0.25, -0.2) is 0 Å². The summed E-state index contributed by atoms with van der Waals surface area (Å²) >= 11 is 0. The first-order valence-corrected chi connectivity index (χ1v) is 4.76. The molecule has 0 atom stereocenters. The number of alkyl halides is 3. The Bertz CT molecular complexity index is 566. The van der Waals surface area contributed by atoms with E-state index in [9.17, 15) is 13.2 Å². The highest BCUT2D eigenvalue weighted by atomic mass is 19.4. The van der Waals surface area contributed by atoms with E-state index < -0.39 is 12.0 Å². The third-order valence-electron chi connectivity index (χ3n) is 2.17. The van der Waals surface area contributed by atoms with Gasteiger partial charge < -0.3 is 15.0 Å². The second kappa shape index (κ2) is 4.21. The summed E-state index contributed by atoms with van der Waals surface area (Å²) in [7, 11) is 1.42. The Hall–Kier alpha value is -2.25. The number of ether oxygens (including phenoxy) is 1. The largest absolute Gasteiger partial charge is 0.497 e. The number of halogens is 3. The van der Waals surface area contributed by atoms with E-state index in [0.717, 1.165) is 0 Å². The normalized spacial score (nSPS) is 11.6. The molecule has 0 radical (unpaired) electrons. The minimum Gasteiger partial charge on any atom is -0.497 e. The standard InChI is InChI=1S/C10H8F3N3O2/c1-17-5-2-3-7(14)6(4-5)8-15-9(16-18-8)10(11,12)13/h2-4H,14H2,1H3. The van der Waals surface area contributed by atoms with Gasteiger partial charge in [-0.1, -0.05) is 5.16 Å². The molecule has 1 aromatic heterocycles. The smallest absolute Gasteiger partial charge is 0.455 e. The molecule has 0 unspecified atom stereocenters. The number of rotatable bonds is 2. The van der Waals surface area contributed by atoms with Crippen LogP contribution >= 0.6 is 0 Å². The van der Waals surface area contributed by atoms with E-state index in [-0.39, 0.29) is 17.1 Å². The Morgan fingerprint density at radius 1 is 1.33 bits per heavy atom. The topological polar surface area (TPSA) is 74.2 Å². The van der Waals surface area contributed by atoms with Gasteiger partial charge in [-0.15, -0.1) is 0 Å². The van der Waals surface area contributed by atoms with Crippen molar-refractivity contribution in [1.82, 2.24) is 10.1 Å². The number of anilines is 1. The highest BCUT2D eigenvalue weighted by Gasteiger charge is 2.37. The molecule has 0 saturated carbocycles. The van der Waals surface area contributed by atoms with Gasteiger partial charge in [0.1, 0.15) is 5.75 Å². The molecule has 0 saturated heterocycles. The van der Waals surface area contributed by atoms with Crippen molar-refractivity contribution in [3.63, 3.8) is 0 Å². The Morgan fingerprint density at radius 3 is 2.61 bits per heavy atom. The van der Waals surface area contributed by atoms with Crippen molar-refractivity contribution in [2.24, 2.45) is 0 Å². The predicted octanol–water partition coefficient (Wildman–Crippen LogP) is 2.35. The molecule has 0 aliphatic heterocycles. The van der Waals surface area contributed by atoms with Crippen LogP contribution in [0.5, 0.6) is 5.75 Å². The van der Waals surface area contributed by atoms with E-state index in [0.29, 0.717) is 5.75 Å². The van der Waals surface area contributed by atoms with Gasteiger partial charge in [0.2, 0.25) is 0 Å². The summed E-state index contributed by atoms with van der Waals surface area (Å²) in [6, 6.07) is 4.47. The average molecular weight is 259 g/mol. The van der Waals surface area contributed by atoms with Crippen LogP contribution in [-0.4, -0.2) is 17.3 Å². The van der Waals surface area contributed by atoms with Crippen LogP contribution in [-0.2, 0) is 6.18 Å². The van der Waals surface area contributed by atoms with Crippen molar-refractivity contribution in [1.29, 1.82) is 0 Å². The van der Waals surface area contributed by atoms with Crippen molar-refractivity contribution >= 4 is 5.69 Å². The molecule has 0 fully saturated rings. The lowest BCUT2D eigenvalue weighted by Crippen LogP contribution is -2.07. The summed E-state index contributed by atoms with van der Waals surface area (Å²) in [6.45, 7) is 0. The number of hydrogen-bond donors (Lipinski definition) is 1. The van der Waals surface area contributed by atoms with Gasteiger partial charge in [-0.2, -0.15) is 18.2 Å². The van der Waals surface area contributed by atoms with E-state index in [4.69, 9.17) is 10.5 Å². The first-order valence-electron chi connectivity index (χ1n) is 4.76. The summed E-state index contributed by atoms with van der Waals surface area (Å²) < 4.78 is 46.4. The number of aromatic nitrogens is 2. The Kier molecular flexibility index (Phi) is 2.85. The molecule has 96 valence electrons. The molecule has 0 aliphatic rings. The van der Waals surface area contributed by atoms with Crippen LogP contribution in [0.1, 0.15) is 5.82 Å². The van der Waals surface area contributed by atoms with E-state index in [1.165, 1.54) is 19.2 Å². The maximum atomic E-state index is 12.3. The summed E-state index contributed by atoms with van der Waals surface area (Å²) in [6.07, 6.45) is -4.66. The lowest BCUT2D eigenvalue weighted by atomic mass is 10.1. The SMILES string of the molecule is COc1ccc(N)c(-c2nc(C(F)(F)F)no2)c1. The molecule has 0 spiro atoms. The molecule has 2 rings (SSSR count). The molecule has 2 N–H and O–H groups in total. The molecular formula is C10H8F3N3O2. The zero-order valence-electron chi connectivity index (χ0n) is 9.15. The summed E-state index contributed by atoms with van der Waals surface area (Å²) in [5.74, 6) is -1.23. The minimum absolute atomic E-state index is 0.192. The molecule has 0 amide bonds. The first kappa shape index (κ1) is 12.2. The molecule has 0 bridgehead atoms. The fraction of sp³-hybridized carbons (Fsp3) is 0.200. The first-order chi connectivity index (χ1) is 8.41. The predicted molar refractivity (Wildman–Crippen MR) is 55.7 cm³/mol. The average Bonchev–Trinajstić information content (AvgIpc) is 2.78. The van der Waals surface area contributed by atoms with Gasteiger partial charge in [-0.05, 0) is 18.2 Å². The van der Waals surface area contributed by atoms with Gasteiger partial charge in [0.15, 0.2) is 0 Å². The van der Waals surface area contributed by atoms with Crippen LogP contribution < -0.4 is 10.5 Å². The fourth-order valence-corrected chi connectivity index (χ4v) is 1.30. The minimum atomic E-state index is -4.66. The Labute approximate surface area is 99.4 Å². The Balaban J connectivity index is 2.45. The van der Waals surface area contributed by atoms with Gasteiger partial charge in [0.05, 0.1) is 12.7 Å². The summed E-state index contributed by atoms with van der Waals surface area (Å²) in [5.41, 5.74) is 6.04. The molecular weight excluding hydrogens is 251 g/mol. The van der Waals surface area contributed by atoms with Crippen molar-refractivity contribution in [3.05, 3.63) is 24.0 Å². The lowest BCUT2D eigenvalue weighted by Gasteiger charge is -2.04. The highest BCUT2D eigenvalue weighted by molar-refractivity contribution is 5.72. The third kappa shape index (κ3) is 2.22. The monoisotopic (exact) mass is 259 g/mol. The summed E-state index contributed by atoms with van der Waals surface area (Å²) in [5, 5.41) is 2.85. The fourth-order valence-electron chi connectivity index (χ4n) is 1.30.